The minimum absolute atomic E-state index is 0.221. The molecule has 6 nitrogen and oxygen atoms in total. The number of hydrogen-bond acceptors (Lipinski definition) is 6. The largest absolute Gasteiger partial charge is 0.299 e. The number of aromatic nitrogens is 1. The highest BCUT2D eigenvalue weighted by Crippen LogP contribution is 2.10. The molecule has 0 aliphatic carbocycles. The Labute approximate surface area is 122 Å². The summed E-state index contributed by atoms with van der Waals surface area (Å²) in [5.74, 6) is -0.598. The average Bonchev–Trinajstić information content (AvgIpc) is 2.48. The fraction of sp³-hybridized carbons (Fsp3) is 0.267. The van der Waals surface area contributed by atoms with Crippen molar-refractivity contribution in [3.63, 3.8) is 0 Å². The highest BCUT2D eigenvalue weighted by molar-refractivity contribution is 6.13. The van der Waals surface area contributed by atoms with E-state index in [0.29, 0.717) is 12.4 Å². The number of nitrogens with zero attached hydrogens (tertiary/aromatic N) is 4. The number of amidine groups is 1. The first kappa shape index (κ1) is 14.8. The van der Waals surface area contributed by atoms with Gasteiger partial charge in [-0.1, -0.05) is 0 Å². The monoisotopic (exact) mass is 284 g/mol. The summed E-state index contributed by atoms with van der Waals surface area (Å²) >= 11 is 0. The maximum Gasteiger partial charge on any atom is 0.156 e. The summed E-state index contributed by atoms with van der Waals surface area (Å²) in [4.78, 5) is 31.1. The van der Waals surface area contributed by atoms with Crippen LogP contribution in [-0.4, -0.2) is 40.2 Å². The Bertz CT molecular complexity index is 606. The molecule has 2 rings (SSSR count). The van der Waals surface area contributed by atoms with Crippen LogP contribution in [0, 0.1) is 5.92 Å². The quantitative estimate of drug-likeness (QED) is 0.605. The number of ketones is 2. The third-order valence-corrected chi connectivity index (χ3v) is 2.99. The fourth-order valence-corrected chi connectivity index (χ4v) is 1.89. The molecule has 0 atom stereocenters. The first-order chi connectivity index (χ1) is 10.1. The van der Waals surface area contributed by atoms with Crippen LogP contribution in [0.3, 0.4) is 0 Å². The number of aliphatic imine (C=N–C) groups is 1. The summed E-state index contributed by atoms with van der Waals surface area (Å²) in [6, 6.07) is 3.65. The molecule has 2 heterocycles. The Morgan fingerprint density at radius 2 is 1.95 bits per heavy atom. The topological polar surface area (TPSA) is 75.0 Å². The van der Waals surface area contributed by atoms with Crippen LogP contribution in [0.25, 0.3) is 0 Å². The number of carbonyl (C=O) groups is 2. The minimum atomic E-state index is -0.811. The second-order valence-corrected chi connectivity index (χ2v) is 4.62. The number of carbonyl (C=O) groups excluding carboxylic acids is 2. The normalized spacial score (nSPS) is 14.6. The standard InChI is InChI=1S/C15H16N4O2/c1-11(20)14(12(2)21)10-18-19-9-3-6-17-15(19)13-4-7-16-8-5-13/h3-8,10,14H,9H2,1-2H3. The van der Waals surface area contributed by atoms with Crippen molar-refractivity contribution >= 4 is 23.6 Å². The van der Waals surface area contributed by atoms with E-state index in [1.54, 1.807) is 23.6 Å². The molecule has 0 bridgehead atoms. The van der Waals surface area contributed by atoms with Crippen molar-refractivity contribution in [2.24, 2.45) is 16.0 Å². The zero-order chi connectivity index (χ0) is 15.2. The molecule has 0 unspecified atom stereocenters. The Balaban J connectivity index is 2.23. The fourth-order valence-electron chi connectivity index (χ4n) is 1.89. The third kappa shape index (κ3) is 3.68. The van der Waals surface area contributed by atoms with Crippen LogP contribution in [0.5, 0.6) is 0 Å². The molecule has 0 N–H and O–H groups in total. The number of pyridine rings is 1. The van der Waals surface area contributed by atoms with Gasteiger partial charge in [0.15, 0.2) is 5.84 Å². The van der Waals surface area contributed by atoms with Gasteiger partial charge in [-0.05, 0) is 32.1 Å². The van der Waals surface area contributed by atoms with Gasteiger partial charge in [0.05, 0.1) is 6.54 Å². The molecule has 0 aromatic carbocycles. The van der Waals surface area contributed by atoms with Gasteiger partial charge in [0.1, 0.15) is 17.5 Å². The van der Waals surface area contributed by atoms with Crippen LogP contribution < -0.4 is 0 Å². The molecule has 0 saturated heterocycles. The molecule has 1 aromatic rings. The lowest BCUT2D eigenvalue weighted by molar-refractivity contribution is -0.127. The molecule has 1 aliphatic heterocycles. The smallest absolute Gasteiger partial charge is 0.156 e. The van der Waals surface area contributed by atoms with Crippen molar-refractivity contribution in [1.29, 1.82) is 0 Å². The van der Waals surface area contributed by atoms with Crippen LogP contribution >= 0.6 is 0 Å². The van der Waals surface area contributed by atoms with Crippen molar-refractivity contribution in [2.75, 3.05) is 6.54 Å². The van der Waals surface area contributed by atoms with Crippen molar-refractivity contribution in [1.82, 2.24) is 9.99 Å². The molecule has 1 aromatic heterocycles. The summed E-state index contributed by atoms with van der Waals surface area (Å²) in [6.45, 7) is 3.29. The van der Waals surface area contributed by atoms with Crippen molar-refractivity contribution in [3.05, 3.63) is 42.4 Å². The first-order valence-corrected chi connectivity index (χ1v) is 6.55. The van der Waals surface area contributed by atoms with Gasteiger partial charge in [0.2, 0.25) is 0 Å². The molecule has 108 valence electrons. The lowest BCUT2D eigenvalue weighted by atomic mass is 10.0. The third-order valence-electron chi connectivity index (χ3n) is 2.99. The number of hydrazone groups is 1. The van der Waals surface area contributed by atoms with Gasteiger partial charge in [-0.15, -0.1) is 0 Å². The molecule has 0 saturated carbocycles. The zero-order valence-electron chi connectivity index (χ0n) is 11.9. The average molecular weight is 284 g/mol. The molecule has 0 radical (unpaired) electrons. The van der Waals surface area contributed by atoms with Crippen molar-refractivity contribution in [2.45, 2.75) is 13.8 Å². The van der Waals surface area contributed by atoms with E-state index < -0.39 is 5.92 Å². The van der Waals surface area contributed by atoms with E-state index in [-0.39, 0.29) is 11.6 Å². The van der Waals surface area contributed by atoms with Crippen LogP contribution in [0.1, 0.15) is 19.4 Å². The van der Waals surface area contributed by atoms with Crippen LogP contribution in [0.4, 0.5) is 0 Å². The highest BCUT2D eigenvalue weighted by atomic mass is 16.1. The summed E-state index contributed by atoms with van der Waals surface area (Å²) in [6.07, 6.45) is 8.27. The van der Waals surface area contributed by atoms with E-state index >= 15 is 0 Å². The lowest BCUT2D eigenvalue weighted by Crippen LogP contribution is -2.30. The number of rotatable bonds is 5. The summed E-state index contributed by atoms with van der Waals surface area (Å²) in [7, 11) is 0. The predicted octanol–water partition coefficient (Wildman–Crippen LogP) is 1.44. The van der Waals surface area contributed by atoms with Crippen LogP contribution in [0.15, 0.2) is 46.9 Å². The summed E-state index contributed by atoms with van der Waals surface area (Å²) < 4.78 is 0. The molecule has 6 heteroatoms. The van der Waals surface area contributed by atoms with Gasteiger partial charge in [-0.2, -0.15) is 5.10 Å². The van der Waals surface area contributed by atoms with Gasteiger partial charge in [0.25, 0.3) is 0 Å². The van der Waals surface area contributed by atoms with Gasteiger partial charge in [-0.3, -0.25) is 14.6 Å². The highest BCUT2D eigenvalue weighted by Gasteiger charge is 2.19. The van der Waals surface area contributed by atoms with Gasteiger partial charge in [-0.25, -0.2) is 10.0 Å². The second-order valence-electron chi connectivity index (χ2n) is 4.62. The number of hydrogen-bond donors (Lipinski definition) is 0. The Kier molecular flexibility index (Phi) is 4.71. The first-order valence-electron chi connectivity index (χ1n) is 6.55. The second kappa shape index (κ2) is 6.69. The summed E-state index contributed by atoms with van der Waals surface area (Å²) in [5, 5.41) is 5.90. The molecular weight excluding hydrogens is 268 g/mol. The van der Waals surface area contributed by atoms with E-state index in [1.165, 1.54) is 20.1 Å². The Hall–Kier alpha value is -2.63. The van der Waals surface area contributed by atoms with Gasteiger partial charge >= 0.3 is 0 Å². The maximum absolute atomic E-state index is 11.4. The molecular formula is C15H16N4O2. The molecule has 0 fully saturated rings. The van der Waals surface area contributed by atoms with Gasteiger partial charge < -0.3 is 0 Å². The minimum Gasteiger partial charge on any atom is -0.299 e. The SMILES string of the molecule is CC(=O)C(C=NN1CC=CN=C1c1ccncc1)C(C)=O. The number of Topliss-reactive ketones (excluding diaryl/α,β-unsaturated/α-hetero) is 2. The molecule has 21 heavy (non-hydrogen) atoms. The molecule has 0 amide bonds. The molecule has 0 spiro atoms. The van der Waals surface area contributed by atoms with Crippen molar-refractivity contribution in [3.8, 4) is 0 Å². The van der Waals surface area contributed by atoms with E-state index in [1.807, 2.05) is 18.2 Å². The predicted molar refractivity (Wildman–Crippen MR) is 80.0 cm³/mol. The zero-order valence-corrected chi connectivity index (χ0v) is 11.9. The Morgan fingerprint density at radius 3 is 2.57 bits per heavy atom. The van der Waals surface area contributed by atoms with E-state index in [9.17, 15) is 9.59 Å². The van der Waals surface area contributed by atoms with Gasteiger partial charge in [0, 0.05) is 30.4 Å². The summed E-state index contributed by atoms with van der Waals surface area (Å²) in [5.41, 5.74) is 0.869. The van der Waals surface area contributed by atoms with E-state index in [0.717, 1.165) is 5.56 Å². The van der Waals surface area contributed by atoms with E-state index in [4.69, 9.17) is 0 Å². The maximum atomic E-state index is 11.4. The van der Waals surface area contributed by atoms with E-state index in [2.05, 4.69) is 15.1 Å². The lowest BCUT2D eigenvalue weighted by Gasteiger charge is -2.22. The van der Waals surface area contributed by atoms with Crippen molar-refractivity contribution < 1.29 is 9.59 Å². The Morgan fingerprint density at radius 1 is 1.29 bits per heavy atom. The van der Waals surface area contributed by atoms with Crippen LogP contribution in [0.2, 0.25) is 0 Å². The van der Waals surface area contributed by atoms with Crippen LogP contribution in [-0.2, 0) is 9.59 Å². The molecule has 1 aliphatic rings.